The molecule has 1 unspecified atom stereocenters. The molecule has 0 heterocycles. The molecule has 0 aliphatic rings. The molecule has 0 aliphatic carbocycles. The molecule has 7 heteroatoms. The summed E-state index contributed by atoms with van der Waals surface area (Å²) in [5.41, 5.74) is 0. The molecule has 0 saturated carbocycles. The first-order chi connectivity index (χ1) is 9.01. The van der Waals surface area contributed by atoms with Gasteiger partial charge >= 0.3 is 12.0 Å². The Bertz CT molecular complexity index is 278. The molecule has 3 N–H and O–H groups in total. The number of hydrogen-bond acceptors (Lipinski definition) is 4. The fourth-order valence-electron chi connectivity index (χ4n) is 1.39. The zero-order valence-electron chi connectivity index (χ0n) is 11.8. The highest BCUT2D eigenvalue weighted by Crippen LogP contribution is 2.04. The van der Waals surface area contributed by atoms with Crippen molar-refractivity contribution in [2.75, 3.05) is 23.5 Å². The average Bonchev–Trinajstić information content (AvgIpc) is 2.34. The third-order valence-electron chi connectivity index (χ3n) is 2.49. The van der Waals surface area contributed by atoms with Gasteiger partial charge < -0.3 is 15.7 Å². The van der Waals surface area contributed by atoms with Crippen molar-refractivity contribution in [1.82, 2.24) is 10.6 Å². The summed E-state index contributed by atoms with van der Waals surface area (Å²) in [6, 6.07) is -1.17. The Morgan fingerprint density at radius 3 is 2.42 bits per heavy atom. The van der Waals surface area contributed by atoms with Crippen LogP contribution in [0, 0.1) is 0 Å². The summed E-state index contributed by atoms with van der Waals surface area (Å²) < 4.78 is 0. The van der Waals surface area contributed by atoms with E-state index in [9.17, 15) is 9.59 Å². The second-order valence-corrected chi connectivity index (χ2v) is 6.56. The van der Waals surface area contributed by atoms with Crippen LogP contribution in [-0.2, 0) is 4.79 Å². The van der Waals surface area contributed by atoms with Crippen molar-refractivity contribution in [3.8, 4) is 0 Å². The fourth-order valence-corrected chi connectivity index (χ4v) is 2.67. The lowest BCUT2D eigenvalue weighted by Crippen LogP contribution is -2.48. The van der Waals surface area contributed by atoms with E-state index < -0.39 is 18.0 Å². The first-order valence-corrected chi connectivity index (χ1v) is 8.92. The number of urea groups is 1. The number of carbonyl (C=O) groups excluding carboxylic acids is 1. The van der Waals surface area contributed by atoms with Crippen LogP contribution in [0.5, 0.6) is 0 Å². The van der Waals surface area contributed by atoms with Crippen molar-refractivity contribution in [3.05, 3.63) is 0 Å². The maximum absolute atomic E-state index is 11.7. The third-order valence-corrected chi connectivity index (χ3v) is 4.07. The van der Waals surface area contributed by atoms with Gasteiger partial charge in [-0.2, -0.15) is 23.5 Å². The van der Waals surface area contributed by atoms with Crippen LogP contribution in [0.15, 0.2) is 0 Å². The first-order valence-electron chi connectivity index (χ1n) is 6.37. The van der Waals surface area contributed by atoms with Gasteiger partial charge in [-0.05, 0) is 43.3 Å². The minimum Gasteiger partial charge on any atom is -0.480 e. The van der Waals surface area contributed by atoms with E-state index in [1.165, 1.54) is 0 Å². The Morgan fingerprint density at radius 1 is 1.21 bits per heavy atom. The number of aliphatic carboxylic acids is 1. The second-order valence-electron chi connectivity index (χ2n) is 4.18. The molecule has 5 nitrogen and oxygen atoms in total. The number of carboxylic acid groups (broad SMARTS) is 1. The normalized spacial score (nSPS) is 13.6. The van der Waals surface area contributed by atoms with Crippen LogP contribution >= 0.6 is 23.5 Å². The van der Waals surface area contributed by atoms with E-state index in [4.69, 9.17) is 5.11 Å². The Morgan fingerprint density at radius 2 is 1.89 bits per heavy atom. The number of carboxylic acids is 1. The molecular weight excluding hydrogens is 284 g/mol. The zero-order chi connectivity index (χ0) is 14.7. The molecule has 2 amide bonds. The summed E-state index contributed by atoms with van der Waals surface area (Å²) in [6.07, 6.45) is 3.23. The molecule has 0 spiro atoms. The molecule has 0 aromatic heterocycles. The SMILES string of the molecule is CCSCCC(C)NC(=O)N[C@@H](CCSC)C(=O)O. The molecule has 0 aromatic rings. The Labute approximate surface area is 123 Å². The molecule has 0 fully saturated rings. The fraction of sp³-hybridized carbons (Fsp3) is 0.833. The van der Waals surface area contributed by atoms with Gasteiger partial charge in [0.25, 0.3) is 0 Å². The minimum absolute atomic E-state index is 0.0500. The van der Waals surface area contributed by atoms with Gasteiger partial charge in [0.15, 0.2) is 0 Å². The predicted molar refractivity (Wildman–Crippen MR) is 83.2 cm³/mol. The number of rotatable bonds is 10. The summed E-state index contributed by atoms with van der Waals surface area (Å²) in [4.78, 5) is 22.6. The largest absolute Gasteiger partial charge is 0.480 e. The number of hydrogen-bond donors (Lipinski definition) is 3. The lowest BCUT2D eigenvalue weighted by Gasteiger charge is -2.18. The topological polar surface area (TPSA) is 78.4 Å². The van der Waals surface area contributed by atoms with Gasteiger partial charge in [0.05, 0.1) is 0 Å². The molecule has 0 rings (SSSR count). The van der Waals surface area contributed by atoms with Crippen LogP contribution in [0.25, 0.3) is 0 Å². The van der Waals surface area contributed by atoms with Gasteiger partial charge in [0, 0.05) is 6.04 Å². The minimum atomic E-state index is -0.988. The Balaban J connectivity index is 4.00. The highest BCUT2D eigenvalue weighted by atomic mass is 32.2. The van der Waals surface area contributed by atoms with Gasteiger partial charge in [-0.25, -0.2) is 9.59 Å². The quantitative estimate of drug-likeness (QED) is 0.538. The van der Waals surface area contributed by atoms with E-state index in [1.807, 2.05) is 24.9 Å². The molecule has 112 valence electrons. The van der Waals surface area contributed by atoms with Crippen LogP contribution in [0.3, 0.4) is 0 Å². The average molecular weight is 308 g/mol. The van der Waals surface area contributed by atoms with Crippen molar-refractivity contribution in [2.45, 2.75) is 38.8 Å². The molecule has 19 heavy (non-hydrogen) atoms. The summed E-state index contributed by atoms with van der Waals surface area (Å²) in [7, 11) is 0. The lowest BCUT2D eigenvalue weighted by atomic mass is 10.2. The summed E-state index contributed by atoms with van der Waals surface area (Å²) in [5, 5.41) is 14.3. The van der Waals surface area contributed by atoms with Crippen molar-refractivity contribution >= 4 is 35.5 Å². The standard InChI is InChI=1S/C12H24N2O3S2/c1-4-19-8-5-9(2)13-12(17)14-10(11(15)16)6-7-18-3/h9-10H,4-8H2,1-3H3,(H,15,16)(H2,13,14,17)/t9?,10-/m0/s1. The molecule has 0 aromatic carbocycles. The number of carbonyl (C=O) groups is 2. The Hall–Kier alpha value is -0.560. The highest BCUT2D eigenvalue weighted by molar-refractivity contribution is 7.99. The highest BCUT2D eigenvalue weighted by Gasteiger charge is 2.19. The van der Waals surface area contributed by atoms with Crippen LogP contribution in [0.4, 0.5) is 4.79 Å². The van der Waals surface area contributed by atoms with E-state index in [0.29, 0.717) is 12.2 Å². The van der Waals surface area contributed by atoms with E-state index in [2.05, 4.69) is 17.6 Å². The van der Waals surface area contributed by atoms with E-state index >= 15 is 0 Å². The number of nitrogens with one attached hydrogen (secondary N) is 2. The monoisotopic (exact) mass is 308 g/mol. The molecule has 0 bridgehead atoms. The molecular formula is C12H24N2O3S2. The van der Waals surface area contributed by atoms with Gasteiger partial charge in [-0.1, -0.05) is 6.92 Å². The van der Waals surface area contributed by atoms with E-state index in [-0.39, 0.29) is 6.04 Å². The third kappa shape index (κ3) is 9.95. The maximum atomic E-state index is 11.7. The first kappa shape index (κ1) is 18.4. The van der Waals surface area contributed by atoms with Crippen LogP contribution in [0.1, 0.15) is 26.7 Å². The van der Waals surface area contributed by atoms with Crippen molar-refractivity contribution in [1.29, 1.82) is 0 Å². The molecule has 2 atom stereocenters. The number of thioether (sulfide) groups is 2. The van der Waals surface area contributed by atoms with E-state index in [1.54, 1.807) is 11.8 Å². The van der Waals surface area contributed by atoms with Crippen molar-refractivity contribution < 1.29 is 14.7 Å². The second kappa shape index (κ2) is 11.3. The van der Waals surface area contributed by atoms with Gasteiger partial charge in [0.1, 0.15) is 6.04 Å². The van der Waals surface area contributed by atoms with Crippen molar-refractivity contribution in [3.63, 3.8) is 0 Å². The lowest BCUT2D eigenvalue weighted by molar-refractivity contribution is -0.139. The zero-order valence-corrected chi connectivity index (χ0v) is 13.4. The molecule has 0 radical (unpaired) electrons. The summed E-state index contributed by atoms with van der Waals surface area (Å²) in [5.74, 6) is 1.78. The molecule has 0 saturated heterocycles. The van der Waals surface area contributed by atoms with Crippen LogP contribution < -0.4 is 10.6 Å². The van der Waals surface area contributed by atoms with Gasteiger partial charge in [-0.15, -0.1) is 0 Å². The Kier molecular flexibility index (Phi) is 10.9. The molecule has 0 aliphatic heterocycles. The summed E-state index contributed by atoms with van der Waals surface area (Å²) >= 11 is 3.39. The number of amides is 2. The predicted octanol–water partition coefficient (Wildman–Crippen LogP) is 2.02. The summed E-state index contributed by atoms with van der Waals surface area (Å²) in [6.45, 7) is 4.02. The van der Waals surface area contributed by atoms with Gasteiger partial charge in [0.2, 0.25) is 0 Å². The smallest absolute Gasteiger partial charge is 0.326 e. The van der Waals surface area contributed by atoms with Gasteiger partial charge in [-0.3, -0.25) is 0 Å². The van der Waals surface area contributed by atoms with Crippen molar-refractivity contribution in [2.24, 2.45) is 0 Å². The maximum Gasteiger partial charge on any atom is 0.326 e. The van der Waals surface area contributed by atoms with E-state index in [0.717, 1.165) is 17.9 Å². The van der Waals surface area contributed by atoms with Crippen LogP contribution in [0.2, 0.25) is 0 Å². The van der Waals surface area contributed by atoms with Crippen LogP contribution in [-0.4, -0.2) is 52.7 Å².